The van der Waals surface area contributed by atoms with Gasteiger partial charge in [0, 0.05) is 10.4 Å². The molecule has 1 aromatic carbocycles. The number of benzene rings is 1. The third-order valence-electron chi connectivity index (χ3n) is 2.28. The number of unbranched alkanes of at least 4 members (excludes halogenated alkanes) is 2. The molecule has 0 fully saturated rings. The molecule has 6 heteroatoms. The third kappa shape index (κ3) is 4.78. The van der Waals surface area contributed by atoms with E-state index in [4.69, 9.17) is 23.2 Å². The summed E-state index contributed by atoms with van der Waals surface area (Å²) in [5.74, 6) is 0.126. The number of halogens is 3. The molecule has 0 aliphatic heterocycles. The summed E-state index contributed by atoms with van der Waals surface area (Å²) in [6.07, 6.45) is 2.51. The maximum absolute atomic E-state index is 12.0. The number of hydrogen-bond acceptors (Lipinski definition) is 2. The van der Waals surface area contributed by atoms with Gasteiger partial charge in [0.2, 0.25) is 0 Å². The van der Waals surface area contributed by atoms with Crippen LogP contribution in [0.3, 0.4) is 0 Å². The van der Waals surface area contributed by atoms with E-state index in [2.05, 4.69) is 15.9 Å². The Balaban J connectivity index is 2.76. The van der Waals surface area contributed by atoms with Crippen LogP contribution in [0.25, 0.3) is 0 Å². The first kappa shape index (κ1) is 15.3. The standard InChI is InChI=1S/C11H13BrCl2O2S/c12-6-2-1-3-7-17(15,16)11-5-4-9(13)8-10(11)14/h4-5,8H,1-3,6-7H2. The van der Waals surface area contributed by atoms with Crippen molar-refractivity contribution < 1.29 is 8.42 Å². The van der Waals surface area contributed by atoms with Crippen LogP contribution in [-0.2, 0) is 9.84 Å². The van der Waals surface area contributed by atoms with E-state index in [1.54, 1.807) is 6.07 Å². The Bertz CT molecular complexity index is 474. The smallest absolute Gasteiger partial charge is 0.179 e. The van der Waals surface area contributed by atoms with Crippen molar-refractivity contribution in [3.05, 3.63) is 28.2 Å². The quantitative estimate of drug-likeness (QED) is 0.559. The molecule has 1 rings (SSSR count). The van der Waals surface area contributed by atoms with Crippen LogP contribution < -0.4 is 0 Å². The molecule has 0 heterocycles. The van der Waals surface area contributed by atoms with Crippen molar-refractivity contribution in [2.75, 3.05) is 11.1 Å². The maximum Gasteiger partial charge on any atom is 0.179 e. The fraction of sp³-hybridized carbons (Fsp3) is 0.455. The second-order valence-corrected chi connectivity index (χ2v) is 7.36. The fourth-order valence-corrected chi connectivity index (χ4v) is 3.99. The van der Waals surface area contributed by atoms with Gasteiger partial charge in [-0.15, -0.1) is 0 Å². The monoisotopic (exact) mass is 358 g/mol. The molecule has 0 bridgehead atoms. The van der Waals surface area contributed by atoms with E-state index in [9.17, 15) is 8.42 Å². The zero-order valence-corrected chi connectivity index (χ0v) is 13.0. The maximum atomic E-state index is 12.0. The SMILES string of the molecule is O=S(=O)(CCCCCBr)c1ccc(Cl)cc1Cl. The molecule has 0 aromatic heterocycles. The minimum atomic E-state index is -3.29. The van der Waals surface area contributed by atoms with Crippen LogP contribution >= 0.6 is 39.1 Å². The summed E-state index contributed by atoms with van der Waals surface area (Å²) in [6, 6.07) is 4.46. The summed E-state index contributed by atoms with van der Waals surface area (Å²) in [4.78, 5) is 0.169. The zero-order valence-electron chi connectivity index (χ0n) is 9.13. The van der Waals surface area contributed by atoms with Gasteiger partial charge in [-0.3, -0.25) is 0 Å². The number of rotatable bonds is 6. The highest BCUT2D eigenvalue weighted by atomic mass is 79.9. The predicted molar refractivity (Wildman–Crippen MR) is 76.2 cm³/mol. The third-order valence-corrected chi connectivity index (χ3v) is 5.35. The molecular formula is C11H13BrCl2O2S. The van der Waals surface area contributed by atoms with Crippen LogP contribution in [-0.4, -0.2) is 19.5 Å². The van der Waals surface area contributed by atoms with Gasteiger partial charge in [0.1, 0.15) is 0 Å². The van der Waals surface area contributed by atoms with Crippen LogP contribution in [0.2, 0.25) is 10.0 Å². The molecule has 0 spiro atoms. The summed E-state index contributed by atoms with van der Waals surface area (Å²) in [6.45, 7) is 0. The topological polar surface area (TPSA) is 34.1 Å². The number of hydrogen-bond donors (Lipinski definition) is 0. The van der Waals surface area contributed by atoms with Crippen LogP contribution in [0.5, 0.6) is 0 Å². The van der Waals surface area contributed by atoms with E-state index in [-0.39, 0.29) is 15.7 Å². The molecule has 96 valence electrons. The first-order valence-corrected chi connectivity index (χ1v) is 8.74. The molecular weight excluding hydrogens is 347 g/mol. The fourth-order valence-electron chi connectivity index (χ4n) is 1.40. The van der Waals surface area contributed by atoms with Crippen molar-refractivity contribution in [3.63, 3.8) is 0 Å². The Labute approximate surface area is 120 Å². The van der Waals surface area contributed by atoms with Gasteiger partial charge in [0.05, 0.1) is 15.7 Å². The molecule has 0 amide bonds. The van der Waals surface area contributed by atoms with Crippen molar-refractivity contribution in [1.29, 1.82) is 0 Å². The molecule has 0 saturated heterocycles. The largest absolute Gasteiger partial charge is 0.224 e. The molecule has 0 saturated carbocycles. The molecule has 0 radical (unpaired) electrons. The predicted octanol–water partition coefficient (Wildman–Crippen LogP) is 4.33. The van der Waals surface area contributed by atoms with Crippen molar-refractivity contribution in [1.82, 2.24) is 0 Å². The molecule has 0 N–H and O–H groups in total. The van der Waals surface area contributed by atoms with Crippen molar-refractivity contribution in [3.8, 4) is 0 Å². The number of alkyl halides is 1. The zero-order chi connectivity index (χ0) is 12.9. The Morgan fingerprint density at radius 1 is 1.12 bits per heavy atom. The molecule has 0 aliphatic carbocycles. The van der Waals surface area contributed by atoms with Gasteiger partial charge in [0.25, 0.3) is 0 Å². The highest BCUT2D eigenvalue weighted by molar-refractivity contribution is 9.09. The second-order valence-electron chi connectivity index (χ2n) is 3.64. The molecule has 2 nitrogen and oxygen atoms in total. The van der Waals surface area contributed by atoms with E-state index < -0.39 is 9.84 Å². The van der Waals surface area contributed by atoms with Crippen molar-refractivity contribution in [2.45, 2.75) is 24.2 Å². The first-order chi connectivity index (χ1) is 7.97. The van der Waals surface area contributed by atoms with E-state index in [1.165, 1.54) is 12.1 Å². The van der Waals surface area contributed by atoms with Crippen molar-refractivity contribution in [2.24, 2.45) is 0 Å². The molecule has 17 heavy (non-hydrogen) atoms. The average molecular weight is 360 g/mol. The van der Waals surface area contributed by atoms with Crippen LogP contribution in [0.1, 0.15) is 19.3 Å². The lowest BCUT2D eigenvalue weighted by Crippen LogP contribution is -2.07. The normalized spacial score (nSPS) is 11.7. The van der Waals surface area contributed by atoms with Crippen LogP contribution in [0, 0.1) is 0 Å². The molecule has 0 atom stereocenters. The van der Waals surface area contributed by atoms with Gasteiger partial charge in [-0.2, -0.15) is 0 Å². The van der Waals surface area contributed by atoms with Crippen LogP contribution in [0.15, 0.2) is 23.1 Å². The highest BCUT2D eigenvalue weighted by Crippen LogP contribution is 2.26. The van der Waals surface area contributed by atoms with Gasteiger partial charge in [-0.1, -0.05) is 45.6 Å². The van der Waals surface area contributed by atoms with Gasteiger partial charge in [0.15, 0.2) is 9.84 Å². The lowest BCUT2D eigenvalue weighted by molar-refractivity contribution is 0.591. The highest BCUT2D eigenvalue weighted by Gasteiger charge is 2.17. The van der Waals surface area contributed by atoms with Crippen molar-refractivity contribution >= 4 is 49.0 Å². The summed E-state index contributed by atoms with van der Waals surface area (Å²) >= 11 is 14.9. The summed E-state index contributed by atoms with van der Waals surface area (Å²) in [5.41, 5.74) is 0. The molecule has 0 unspecified atom stereocenters. The van der Waals surface area contributed by atoms with E-state index in [0.717, 1.165) is 18.2 Å². The minimum absolute atomic E-state index is 0.126. The first-order valence-electron chi connectivity index (χ1n) is 5.21. The van der Waals surface area contributed by atoms with Crippen LogP contribution in [0.4, 0.5) is 0 Å². The summed E-state index contributed by atoms with van der Waals surface area (Å²) in [5, 5.41) is 1.53. The van der Waals surface area contributed by atoms with Gasteiger partial charge in [-0.05, 0) is 31.0 Å². The number of sulfone groups is 1. The molecule has 0 aliphatic rings. The summed E-state index contributed by atoms with van der Waals surface area (Å²) in [7, 11) is -3.29. The Morgan fingerprint density at radius 2 is 1.82 bits per heavy atom. The van der Waals surface area contributed by atoms with E-state index in [1.807, 2.05) is 0 Å². The van der Waals surface area contributed by atoms with E-state index in [0.29, 0.717) is 11.4 Å². The molecule has 1 aromatic rings. The van der Waals surface area contributed by atoms with Gasteiger partial charge in [-0.25, -0.2) is 8.42 Å². The average Bonchev–Trinajstić information content (AvgIpc) is 2.24. The Morgan fingerprint density at radius 3 is 2.41 bits per heavy atom. The summed E-state index contributed by atoms with van der Waals surface area (Å²) < 4.78 is 24.0. The Hall–Kier alpha value is 0.230. The van der Waals surface area contributed by atoms with Gasteiger partial charge < -0.3 is 0 Å². The lowest BCUT2D eigenvalue weighted by atomic mass is 10.3. The second kappa shape index (κ2) is 6.98. The Kier molecular flexibility index (Phi) is 6.27. The lowest BCUT2D eigenvalue weighted by Gasteiger charge is -2.06. The van der Waals surface area contributed by atoms with Gasteiger partial charge >= 0.3 is 0 Å². The van der Waals surface area contributed by atoms with E-state index >= 15 is 0 Å². The minimum Gasteiger partial charge on any atom is -0.224 e.